The van der Waals surface area contributed by atoms with E-state index in [1.54, 1.807) is 14.2 Å². The lowest BCUT2D eigenvalue weighted by atomic mass is 10.0. The van der Waals surface area contributed by atoms with Gasteiger partial charge in [0.2, 0.25) is 5.91 Å². The predicted molar refractivity (Wildman–Crippen MR) is 99.2 cm³/mol. The summed E-state index contributed by atoms with van der Waals surface area (Å²) in [6.45, 7) is 2.12. The van der Waals surface area contributed by atoms with E-state index in [0.29, 0.717) is 6.54 Å². The molecule has 2 aromatic carbocycles. The number of amides is 1. The van der Waals surface area contributed by atoms with Crippen molar-refractivity contribution in [2.24, 2.45) is 0 Å². The topological polar surface area (TPSA) is 63.4 Å². The Labute approximate surface area is 147 Å². The predicted octanol–water partition coefficient (Wildman–Crippen LogP) is 3.53. The first kappa shape index (κ1) is 16.9. The highest BCUT2D eigenvalue weighted by Crippen LogP contribution is 2.33. The van der Waals surface area contributed by atoms with Gasteiger partial charge in [-0.1, -0.05) is 0 Å². The molecule has 5 heteroatoms. The molecule has 0 aliphatic rings. The number of carbonyl (C=O) groups excluding carboxylic acids is 1. The molecule has 0 atom stereocenters. The molecule has 3 rings (SSSR count). The summed E-state index contributed by atoms with van der Waals surface area (Å²) in [6.07, 6.45) is 0.730. The largest absolute Gasteiger partial charge is 0.497 e. The minimum Gasteiger partial charge on any atom is -0.497 e. The summed E-state index contributed by atoms with van der Waals surface area (Å²) in [6, 6.07) is 13.9. The summed E-state index contributed by atoms with van der Waals surface area (Å²) >= 11 is 0. The molecule has 0 unspecified atom stereocenters. The molecular weight excluding hydrogens is 316 g/mol. The smallest absolute Gasteiger partial charge is 0.216 e. The molecule has 1 aromatic heterocycles. The van der Waals surface area contributed by atoms with E-state index in [1.165, 1.54) is 6.92 Å². The average molecular weight is 338 g/mol. The Balaban J connectivity index is 2.06. The molecule has 0 spiro atoms. The van der Waals surface area contributed by atoms with Gasteiger partial charge < -0.3 is 19.8 Å². The van der Waals surface area contributed by atoms with Crippen molar-refractivity contribution < 1.29 is 14.3 Å². The van der Waals surface area contributed by atoms with E-state index in [0.717, 1.165) is 45.6 Å². The zero-order valence-corrected chi connectivity index (χ0v) is 14.7. The van der Waals surface area contributed by atoms with E-state index >= 15 is 0 Å². The molecule has 0 saturated carbocycles. The summed E-state index contributed by atoms with van der Waals surface area (Å²) in [7, 11) is 3.32. The first-order valence-corrected chi connectivity index (χ1v) is 8.20. The van der Waals surface area contributed by atoms with Crippen LogP contribution in [-0.4, -0.2) is 31.7 Å². The van der Waals surface area contributed by atoms with Crippen LogP contribution in [0.1, 0.15) is 12.5 Å². The van der Waals surface area contributed by atoms with E-state index in [4.69, 9.17) is 9.47 Å². The number of aromatic nitrogens is 1. The zero-order chi connectivity index (χ0) is 17.8. The number of H-pyrrole nitrogens is 1. The minimum absolute atomic E-state index is 0.0246. The zero-order valence-electron chi connectivity index (χ0n) is 14.7. The molecule has 1 amide bonds. The monoisotopic (exact) mass is 338 g/mol. The summed E-state index contributed by atoms with van der Waals surface area (Å²) in [4.78, 5) is 14.7. The molecular formula is C20H22N2O3. The van der Waals surface area contributed by atoms with Gasteiger partial charge in [0.05, 0.1) is 14.2 Å². The van der Waals surface area contributed by atoms with Gasteiger partial charge in [0.15, 0.2) is 0 Å². The van der Waals surface area contributed by atoms with Gasteiger partial charge >= 0.3 is 0 Å². The molecule has 0 radical (unpaired) electrons. The number of aromatic amines is 1. The van der Waals surface area contributed by atoms with E-state index in [-0.39, 0.29) is 5.91 Å². The van der Waals surface area contributed by atoms with Crippen LogP contribution < -0.4 is 14.8 Å². The molecule has 0 aliphatic carbocycles. The molecule has 0 aliphatic heterocycles. The Bertz CT molecular complexity index is 882. The third kappa shape index (κ3) is 3.60. The van der Waals surface area contributed by atoms with Crippen molar-refractivity contribution in [1.82, 2.24) is 10.3 Å². The molecule has 1 heterocycles. The Morgan fingerprint density at radius 1 is 1.04 bits per heavy atom. The highest BCUT2D eigenvalue weighted by atomic mass is 16.5. The Morgan fingerprint density at radius 2 is 1.72 bits per heavy atom. The van der Waals surface area contributed by atoms with Crippen LogP contribution >= 0.6 is 0 Å². The third-order valence-corrected chi connectivity index (χ3v) is 4.24. The molecule has 2 N–H and O–H groups in total. The Kier molecular flexibility index (Phi) is 4.93. The highest BCUT2D eigenvalue weighted by molar-refractivity contribution is 5.92. The second kappa shape index (κ2) is 7.30. The molecule has 3 aromatic rings. The lowest BCUT2D eigenvalue weighted by Crippen LogP contribution is -2.22. The van der Waals surface area contributed by atoms with Crippen LogP contribution in [-0.2, 0) is 11.2 Å². The van der Waals surface area contributed by atoms with Gasteiger partial charge in [-0.15, -0.1) is 0 Å². The van der Waals surface area contributed by atoms with Crippen molar-refractivity contribution in [2.75, 3.05) is 20.8 Å². The van der Waals surface area contributed by atoms with E-state index < -0.39 is 0 Å². The van der Waals surface area contributed by atoms with Gasteiger partial charge in [-0.2, -0.15) is 0 Å². The maximum atomic E-state index is 11.2. The second-order valence-electron chi connectivity index (χ2n) is 5.85. The number of nitrogens with one attached hydrogen (secondary N) is 2. The standard InChI is InChI=1S/C20H22N2O3/c1-13(23)21-11-10-17-18-12-16(25-3)8-9-19(18)22-20(17)14-4-6-15(24-2)7-5-14/h4-9,12,22H,10-11H2,1-3H3,(H,21,23). The SMILES string of the molecule is COc1ccc(-c2[nH]c3ccc(OC)cc3c2CCNC(C)=O)cc1. The van der Waals surface area contributed by atoms with Crippen molar-refractivity contribution >= 4 is 16.8 Å². The van der Waals surface area contributed by atoms with Crippen molar-refractivity contribution in [3.63, 3.8) is 0 Å². The van der Waals surface area contributed by atoms with Crippen LogP contribution in [0.25, 0.3) is 22.2 Å². The molecule has 0 bridgehead atoms. The lowest BCUT2D eigenvalue weighted by Gasteiger charge is -2.07. The minimum atomic E-state index is -0.0246. The van der Waals surface area contributed by atoms with Gasteiger partial charge in [0.25, 0.3) is 0 Å². The molecule has 0 fully saturated rings. The third-order valence-electron chi connectivity index (χ3n) is 4.24. The molecule has 5 nitrogen and oxygen atoms in total. The van der Waals surface area contributed by atoms with E-state index in [1.807, 2.05) is 42.5 Å². The van der Waals surface area contributed by atoms with Gasteiger partial charge in [0, 0.05) is 30.1 Å². The van der Waals surface area contributed by atoms with Crippen molar-refractivity contribution in [3.05, 3.63) is 48.0 Å². The first-order chi connectivity index (χ1) is 12.1. The number of carbonyl (C=O) groups is 1. The normalized spacial score (nSPS) is 10.7. The fourth-order valence-electron chi connectivity index (χ4n) is 2.98. The summed E-state index contributed by atoms with van der Waals surface area (Å²) in [5.74, 6) is 1.61. The molecule has 130 valence electrons. The fraction of sp³-hybridized carbons (Fsp3) is 0.250. The lowest BCUT2D eigenvalue weighted by molar-refractivity contribution is -0.118. The van der Waals surface area contributed by atoms with Crippen molar-refractivity contribution in [2.45, 2.75) is 13.3 Å². The van der Waals surface area contributed by atoms with Gasteiger partial charge in [-0.3, -0.25) is 4.79 Å². The molecule has 25 heavy (non-hydrogen) atoms. The number of ether oxygens (including phenoxy) is 2. The summed E-state index contributed by atoms with van der Waals surface area (Å²) in [5.41, 5.74) is 4.34. The van der Waals surface area contributed by atoms with Crippen LogP contribution in [0.5, 0.6) is 11.5 Å². The summed E-state index contributed by atoms with van der Waals surface area (Å²) < 4.78 is 10.6. The quantitative estimate of drug-likeness (QED) is 0.723. The van der Waals surface area contributed by atoms with Crippen LogP contribution in [0, 0.1) is 0 Å². The van der Waals surface area contributed by atoms with E-state index in [2.05, 4.69) is 10.3 Å². The second-order valence-corrected chi connectivity index (χ2v) is 5.85. The number of hydrogen-bond donors (Lipinski definition) is 2. The first-order valence-electron chi connectivity index (χ1n) is 8.20. The maximum Gasteiger partial charge on any atom is 0.216 e. The van der Waals surface area contributed by atoms with Crippen molar-refractivity contribution in [3.8, 4) is 22.8 Å². The molecule has 0 saturated heterocycles. The Hall–Kier alpha value is -2.95. The van der Waals surface area contributed by atoms with Crippen LogP contribution in [0.15, 0.2) is 42.5 Å². The van der Waals surface area contributed by atoms with E-state index in [9.17, 15) is 4.79 Å². The van der Waals surface area contributed by atoms with Gasteiger partial charge in [0.1, 0.15) is 11.5 Å². The van der Waals surface area contributed by atoms with Gasteiger partial charge in [-0.05, 0) is 60.0 Å². The van der Waals surface area contributed by atoms with Crippen LogP contribution in [0.4, 0.5) is 0 Å². The van der Waals surface area contributed by atoms with Gasteiger partial charge in [-0.25, -0.2) is 0 Å². The van der Waals surface area contributed by atoms with Crippen LogP contribution in [0.3, 0.4) is 0 Å². The fourth-order valence-corrected chi connectivity index (χ4v) is 2.98. The van der Waals surface area contributed by atoms with Crippen molar-refractivity contribution in [1.29, 1.82) is 0 Å². The Morgan fingerprint density at radius 3 is 2.36 bits per heavy atom. The average Bonchev–Trinajstić information content (AvgIpc) is 2.99. The number of benzene rings is 2. The number of methoxy groups -OCH3 is 2. The summed E-state index contributed by atoms with van der Waals surface area (Å²) in [5, 5.41) is 3.98. The number of rotatable bonds is 6. The number of hydrogen-bond acceptors (Lipinski definition) is 3. The van der Waals surface area contributed by atoms with Crippen LogP contribution in [0.2, 0.25) is 0 Å². The number of fused-ring (bicyclic) bond motifs is 1. The maximum absolute atomic E-state index is 11.2. The highest BCUT2D eigenvalue weighted by Gasteiger charge is 2.14.